The lowest BCUT2D eigenvalue weighted by Crippen LogP contribution is -2.39. The molecule has 0 atom stereocenters. The summed E-state index contributed by atoms with van der Waals surface area (Å²) < 4.78 is 16.1. The van der Waals surface area contributed by atoms with E-state index in [0.717, 1.165) is 5.56 Å². The average molecular weight is 442 g/mol. The number of aliphatic imine (C=N–C) groups is 1. The summed E-state index contributed by atoms with van der Waals surface area (Å²) in [5.74, 6) is 2.99. The van der Waals surface area contributed by atoms with Crippen LogP contribution >= 0.6 is 23.2 Å². The van der Waals surface area contributed by atoms with Gasteiger partial charge in [-0.3, -0.25) is 4.99 Å². The maximum absolute atomic E-state index is 6.09. The smallest absolute Gasteiger partial charge is 0.203 e. The molecule has 10 heteroatoms. The zero-order valence-corrected chi connectivity index (χ0v) is 18.3. The van der Waals surface area contributed by atoms with Gasteiger partial charge in [0.2, 0.25) is 5.75 Å². The predicted molar refractivity (Wildman–Crippen MR) is 117 cm³/mol. The van der Waals surface area contributed by atoms with Crippen LogP contribution in [-0.2, 0) is 6.54 Å². The van der Waals surface area contributed by atoms with Crippen molar-refractivity contribution in [1.82, 2.24) is 15.6 Å². The van der Waals surface area contributed by atoms with Crippen LogP contribution in [0, 0.1) is 0 Å². The zero-order chi connectivity index (χ0) is 21.2. The molecule has 0 aliphatic rings. The Balaban J connectivity index is 1.87. The number of hydrogen-bond acceptors (Lipinski definition) is 6. The number of anilines is 1. The summed E-state index contributed by atoms with van der Waals surface area (Å²) in [5.41, 5.74) is 0.956. The van der Waals surface area contributed by atoms with Gasteiger partial charge in [-0.1, -0.05) is 23.2 Å². The van der Waals surface area contributed by atoms with Crippen molar-refractivity contribution in [3.05, 3.63) is 40.0 Å². The fourth-order valence-corrected chi connectivity index (χ4v) is 3.00. The first kappa shape index (κ1) is 22.7. The molecule has 1 aromatic carbocycles. The van der Waals surface area contributed by atoms with E-state index in [1.165, 1.54) is 0 Å². The number of benzene rings is 1. The van der Waals surface area contributed by atoms with E-state index < -0.39 is 0 Å². The van der Waals surface area contributed by atoms with E-state index in [2.05, 4.69) is 25.9 Å². The highest BCUT2D eigenvalue weighted by molar-refractivity contribution is 6.35. The Morgan fingerprint density at radius 1 is 1.00 bits per heavy atom. The molecule has 0 unspecified atom stereocenters. The van der Waals surface area contributed by atoms with E-state index in [0.29, 0.717) is 58.7 Å². The molecule has 2 rings (SSSR count). The number of ether oxygens (including phenoxy) is 3. The molecule has 0 saturated carbocycles. The molecule has 0 bridgehead atoms. The van der Waals surface area contributed by atoms with E-state index in [9.17, 15) is 0 Å². The van der Waals surface area contributed by atoms with Crippen LogP contribution < -0.4 is 30.2 Å². The van der Waals surface area contributed by atoms with E-state index in [-0.39, 0.29) is 0 Å². The lowest BCUT2D eigenvalue weighted by Gasteiger charge is -2.16. The highest BCUT2D eigenvalue weighted by atomic mass is 35.5. The van der Waals surface area contributed by atoms with Crippen LogP contribution in [0.15, 0.2) is 29.4 Å². The highest BCUT2D eigenvalue weighted by Gasteiger charge is 2.13. The number of aromatic nitrogens is 1. The van der Waals surface area contributed by atoms with Crippen LogP contribution in [0.4, 0.5) is 5.82 Å². The molecule has 0 spiro atoms. The summed E-state index contributed by atoms with van der Waals surface area (Å²) in [7, 11) is 6.45. The molecule has 0 amide bonds. The first-order valence-electron chi connectivity index (χ1n) is 8.80. The summed E-state index contributed by atoms with van der Waals surface area (Å²) in [6.45, 7) is 1.73. The standard InChI is InChI=1S/C19H25Cl2N5O3/c1-22-19(24-6-5-23-18-14(21)9-13(20)11-25-18)26-10-12-7-15(27-2)17(29-4)16(8-12)28-3/h7-9,11H,5-6,10H2,1-4H3,(H,23,25)(H2,22,24,26). The summed E-state index contributed by atoms with van der Waals surface area (Å²) in [6, 6.07) is 5.42. The number of halogens is 2. The van der Waals surface area contributed by atoms with E-state index in [1.54, 1.807) is 40.6 Å². The van der Waals surface area contributed by atoms with E-state index in [1.807, 2.05) is 12.1 Å². The number of pyridine rings is 1. The molecule has 0 fully saturated rings. The van der Waals surface area contributed by atoms with Gasteiger partial charge in [0.1, 0.15) is 5.82 Å². The van der Waals surface area contributed by atoms with Crippen molar-refractivity contribution in [1.29, 1.82) is 0 Å². The first-order chi connectivity index (χ1) is 14.0. The Morgan fingerprint density at radius 2 is 1.69 bits per heavy atom. The molecule has 8 nitrogen and oxygen atoms in total. The average Bonchev–Trinajstić information content (AvgIpc) is 2.73. The second-order valence-corrected chi connectivity index (χ2v) is 6.64. The van der Waals surface area contributed by atoms with Gasteiger partial charge >= 0.3 is 0 Å². The Morgan fingerprint density at radius 3 is 2.24 bits per heavy atom. The molecule has 1 aromatic heterocycles. The molecule has 2 aromatic rings. The zero-order valence-electron chi connectivity index (χ0n) is 16.8. The fourth-order valence-electron chi connectivity index (χ4n) is 2.55. The molecule has 29 heavy (non-hydrogen) atoms. The molecule has 0 aliphatic heterocycles. The Kier molecular flexibility index (Phi) is 8.95. The molecule has 0 saturated heterocycles. The van der Waals surface area contributed by atoms with Gasteiger partial charge < -0.3 is 30.2 Å². The van der Waals surface area contributed by atoms with Gasteiger partial charge in [0, 0.05) is 32.9 Å². The Bertz CT molecular complexity index is 824. The summed E-state index contributed by atoms with van der Waals surface area (Å²) in [6.07, 6.45) is 1.54. The molecule has 158 valence electrons. The molecular weight excluding hydrogens is 417 g/mol. The van der Waals surface area contributed by atoms with E-state index in [4.69, 9.17) is 37.4 Å². The summed E-state index contributed by atoms with van der Waals surface area (Å²) in [5, 5.41) is 10.6. The number of methoxy groups -OCH3 is 3. The van der Waals surface area contributed by atoms with Gasteiger partial charge in [0.25, 0.3) is 0 Å². The minimum atomic E-state index is 0.474. The monoisotopic (exact) mass is 441 g/mol. The molecule has 0 aliphatic carbocycles. The molecule has 0 radical (unpaired) electrons. The second kappa shape index (κ2) is 11.4. The maximum Gasteiger partial charge on any atom is 0.203 e. The van der Waals surface area contributed by atoms with Crippen LogP contribution in [0.2, 0.25) is 10.0 Å². The van der Waals surface area contributed by atoms with Crippen molar-refractivity contribution in [3.8, 4) is 17.2 Å². The van der Waals surface area contributed by atoms with Crippen molar-refractivity contribution < 1.29 is 14.2 Å². The quantitative estimate of drug-likeness (QED) is 0.312. The van der Waals surface area contributed by atoms with Gasteiger partial charge in [0.05, 0.1) is 31.4 Å². The van der Waals surface area contributed by atoms with Gasteiger partial charge in [-0.05, 0) is 23.8 Å². The molecular formula is C19H25Cl2N5O3. The van der Waals surface area contributed by atoms with E-state index >= 15 is 0 Å². The molecule has 1 heterocycles. The Hall–Kier alpha value is -2.58. The minimum Gasteiger partial charge on any atom is -0.493 e. The topological polar surface area (TPSA) is 89.0 Å². The van der Waals surface area contributed by atoms with Crippen molar-refractivity contribution in [3.63, 3.8) is 0 Å². The van der Waals surface area contributed by atoms with Crippen molar-refractivity contribution >= 4 is 35.0 Å². The largest absolute Gasteiger partial charge is 0.493 e. The van der Waals surface area contributed by atoms with Crippen LogP contribution in [0.1, 0.15) is 5.56 Å². The third kappa shape index (κ3) is 6.47. The van der Waals surface area contributed by atoms with Crippen LogP contribution in [0.25, 0.3) is 0 Å². The fraction of sp³-hybridized carbons (Fsp3) is 0.368. The predicted octanol–water partition coefficient (Wildman–Crippen LogP) is 3.19. The highest BCUT2D eigenvalue weighted by Crippen LogP contribution is 2.38. The third-order valence-corrected chi connectivity index (χ3v) is 4.42. The van der Waals surface area contributed by atoms with Crippen LogP contribution in [0.3, 0.4) is 0 Å². The van der Waals surface area contributed by atoms with Crippen molar-refractivity contribution in [2.75, 3.05) is 46.8 Å². The minimum absolute atomic E-state index is 0.474. The second-order valence-electron chi connectivity index (χ2n) is 5.80. The SMILES string of the molecule is CN=C(NCCNc1ncc(Cl)cc1Cl)NCc1cc(OC)c(OC)c(OC)c1. The lowest BCUT2D eigenvalue weighted by molar-refractivity contribution is 0.323. The van der Waals surface area contributed by atoms with Crippen molar-refractivity contribution in [2.45, 2.75) is 6.54 Å². The number of nitrogens with zero attached hydrogens (tertiary/aromatic N) is 2. The normalized spacial score (nSPS) is 11.0. The summed E-state index contributed by atoms with van der Waals surface area (Å²) in [4.78, 5) is 8.37. The van der Waals surface area contributed by atoms with Gasteiger partial charge in [-0.25, -0.2) is 4.98 Å². The molecule has 3 N–H and O–H groups in total. The van der Waals surface area contributed by atoms with Gasteiger partial charge in [0.15, 0.2) is 17.5 Å². The van der Waals surface area contributed by atoms with Crippen LogP contribution in [0.5, 0.6) is 17.2 Å². The number of rotatable bonds is 9. The van der Waals surface area contributed by atoms with Crippen molar-refractivity contribution in [2.24, 2.45) is 4.99 Å². The van der Waals surface area contributed by atoms with Crippen LogP contribution in [-0.4, -0.2) is 52.4 Å². The number of hydrogen-bond donors (Lipinski definition) is 3. The first-order valence-corrected chi connectivity index (χ1v) is 9.56. The third-order valence-electron chi connectivity index (χ3n) is 3.93. The van der Waals surface area contributed by atoms with Gasteiger partial charge in [-0.2, -0.15) is 0 Å². The number of guanidine groups is 1. The summed E-state index contributed by atoms with van der Waals surface area (Å²) >= 11 is 11.9. The number of nitrogens with one attached hydrogen (secondary N) is 3. The lowest BCUT2D eigenvalue weighted by atomic mass is 10.2. The maximum atomic E-state index is 6.09. The Labute approximate surface area is 180 Å². The van der Waals surface area contributed by atoms with Gasteiger partial charge in [-0.15, -0.1) is 0 Å².